The first-order valence-electron chi connectivity index (χ1n) is 6.45. The number of aliphatic hydroxyl groups excluding tert-OH is 1. The van der Waals surface area contributed by atoms with Crippen molar-refractivity contribution in [1.82, 2.24) is 14.7 Å². The highest BCUT2D eigenvalue weighted by atomic mass is 16.3. The Balaban J connectivity index is 1.98. The molecule has 18 heavy (non-hydrogen) atoms. The second-order valence-corrected chi connectivity index (χ2v) is 4.88. The molecule has 0 bridgehead atoms. The Morgan fingerprint density at radius 2 is 2.33 bits per heavy atom. The SMILES string of the molecule is Cc1cccn2c(CNCC(C)CCO)cnc12. The van der Waals surface area contributed by atoms with E-state index in [2.05, 4.69) is 34.6 Å². The van der Waals surface area contributed by atoms with E-state index in [0.29, 0.717) is 5.92 Å². The van der Waals surface area contributed by atoms with Gasteiger partial charge >= 0.3 is 0 Å². The van der Waals surface area contributed by atoms with Crippen LogP contribution in [0.4, 0.5) is 0 Å². The minimum atomic E-state index is 0.262. The van der Waals surface area contributed by atoms with Crippen LogP contribution in [0.5, 0.6) is 0 Å². The predicted molar refractivity (Wildman–Crippen MR) is 72.5 cm³/mol. The Bertz CT molecular complexity index is 507. The smallest absolute Gasteiger partial charge is 0.139 e. The van der Waals surface area contributed by atoms with Gasteiger partial charge in [0.25, 0.3) is 0 Å². The summed E-state index contributed by atoms with van der Waals surface area (Å²) in [7, 11) is 0. The van der Waals surface area contributed by atoms with Gasteiger partial charge in [-0.2, -0.15) is 0 Å². The molecule has 0 amide bonds. The third-order valence-electron chi connectivity index (χ3n) is 3.23. The molecule has 4 heteroatoms. The summed E-state index contributed by atoms with van der Waals surface area (Å²) >= 11 is 0. The van der Waals surface area contributed by atoms with Crippen LogP contribution in [0.3, 0.4) is 0 Å². The van der Waals surface area contributed by atoms with Gasteiger partial charge in [0.05, 0.1) is 11.9 Å². The van der Waals surface area contributed by atoms with Crippen LogP contribution in [0.15, 0.2) is 24.5 Å². The van der Waals surface area contributed by atoms with Crippen molar-refractivity contribution in [2.75, 3.05) is 13.2 Å². The van der Waals surface area contributed by atoms with Gasteiger partial charge < -0.3 is 14.8 Å². The number of imidazole rings is 1. The van der Waals surface area contributed by atoms with E-state index in [1.54, 1.807) is 0 Å². The second-order valence-electron chi connectivity index (χ2n) is 4.88. The highest BCUT2D eigenvalue weighted by Crippen LogP contribution is 2.10. The van der Waals surface area contributed by atoms with Crippen molar-refractivity contribution in [3.63, 3.8) is 0 Å². The molecule has 0 radical (unpaired) electrons. The summed E-state index contributed by atoms with van der Waals surface area (Å²) in [5, 5.41) is 12.3. The van der Waals surface area contributed by atoms with Gasteiger partial charge in [-0.05, 0) is 37.4 Å². The van der Waals surface area contributed by atoms with E-state index in [0.717, 1.165) is 25.2 Å². The minimum Gasteiger partial charge on any atom is -0.396 e. The molecule has 2 rings (SSSR count). The average molecular weight is 247 g/mol. The summed E-state index contributed by atoms with van der Waals surface area (Å²) in [5.74, 6) is 0.496. The number of aliphatic hydroxyl groups is 1. The molecule has 0 spiro atoms. The molecule has 4 nitrogen and oxygen atoms in total. The molecule has 0 aliphatic heterocycles. The van der Waals surface area contributed by atoms with E-state index in [1.807, 2.05) is 18.5 Å². The van der Waals surface area contributed by atoms with Crippen LogP contribution in [0.2, 0.25) is 0 Å². The topological polar surface area (TPSA) is 49.6 Å². The van der Waals surface area contributed by atoms with Crippen LogP contribution in [0.1, 0.15) is 24.6 Å². The maximum atomic E-state index is 8.85. The van der Waals surface area contributed by atoms with Crippen molar-refractivity contribution < 1.29 is 5.11 Å². The quantitative estimate of drug-likeness (QED) is 0.817. The summed E-state index contributed by atoms with van der Waals surface area (Å²) in [4.78, 5) is 4.44. The molecule has 0 aliphatic carbocycles. The lowest BCUT2D eigenvalue weighted by Gasteiger charge is -2.10. The molecule has 0 saturated carbocycles. The Morgan fingerprint density at radius 1 is 1.50 bits per heavy atom. The monoisotopic (exact) mass is 247 g/mol. The van der Waals surface area contributed by atoms with Crippen LogP contribution in [0.25, 0.3) is 5.65 Å². The number of hydrogen-bond acceptors (Lipinski definition) is 3. The van der Waals surface area contributed by atoms with E-state index in [1.165, 1.54) is 11.3 Å². The van der Waals surface area contributed by atoms with Crippen LogP contribution in [0, 0.1) is 12.8 Å². The molecule has 1 atom stereocenters. The molecule has 0 aromatic carbocycles. The van der Waals surface area contributed by atoms with E-state index < -0.39 is 0 Å². The van der Waals surface area contributed by atoms with Crippen LogP contribution >= 0.6 is 0 Å². The largest absolute Gasteiger partial charge is 0.396 e. The zero-order valence-electron chi connectivity index (χ0n) is 11.1. The van der Waals surface area contributed by atoms with Gasteiger partial charge in [0.15, 0.2) is 0 Å². The molecule has 2 N–H and O–H groups in total. The van der Waals surface area contributed by atoms with E-state index in [9.17, 15) is 0 Å². The number of rotatable bonds is 6. The average Bonchev–Trinajstić information content (AvgIpc) is 2.75. The maximum absolute atomic E-state index is 8.85. The molecular formula is C14H21N3O. The lowest BCUT2D eigenvalue weighted by Crippen LogP contribution is -2.22. The van der Waals surface area contributed by atoms with Gasteiger partial charge in [-0.25, -0.2) is 4.98 Å². The Labute approximate surface area is 108 Å². The Morgan fingerprint density at radius 3 is 3.11 bits per heavy atom. The number of hydrogen-bond donors (Lipinski definition) is 2. The molecule has 0 fully saturated rings. The number of fused-ring (bicyclic) bond motifs is 1. The highest BCUT2D eigenvalue weighted by molar-refractivity contribution is 5.48. The molecule has 2 heterocycles. The molecular weight excluding hydrogens is 226 g/mol. The lowest BCUT2D eigenvalue weighted by molar-refractivity contribution is 0.260. The number of nitrogens with one attached hydrogen (secondary N) is 1. The summed E-state index contributed by atoms with van der Waals surface area (Å²) in [6.07, 6.45) is 4.81. The van der Waals surface area contributed by atoms with Gasteiger partial charge in [-0.1, -0.05) is 13.0 Å². The molecule has 2 aromatic heterocycles. The number of aryl methyl sites for hydroxylation is 1. The molecule has 0 saturated heterocycles. The maximum Gasteiger partial charge on any atom is 0.139 e. The van der Waals surface area contributed by atoms with Crippen LogP contribution < -0.4 is 5.32 Å². The van der Waals surface area contributed by atoms with Crippen molar-refractivity contribution in [1.29, 1.82) is 0 Å². The summed E-state index contributed by atoms with van der Waals surface area (Å²) < 4.78 is 2.12. The van der Waals surface area contributed by atoms with Crippen LogP contribution in [-0.2, 0) is 6.54 Å². The number of nitrogens with zero attached hydrogens (tertiary/aromatic N) is 2. The number of aromatic nitrogens is 2. The summed E-state index contributed by atoms with van der Waals surface area (Å²) in [5.41, 5.74) is 3.39. The van der Waals surface area contributed by atoms with Gasteiger partial charge in [0.1, 0.15) is 5.65 Å². The van der Waals surface area contributed by atoms with Gasteiger partial charge in [-0.3, -0.25) is 0 Å². The summed E-state index contributed by atoms with van der Waals surface area (Å²) in [6.45, 7) is 6.20. The first-order chi connectivity index (χ1) is 8.72. The third-order valence-corrected chi connectivity index (χ3v) is 3.23. The van der Waals surface area contributed by atoms with Gasteiger partial charge in [0.2, 0.25) is 0 Å². The Hall–Kier alpha value is -1.39. The summed E-state index contributed by atoms with van der Waals surface area (Å²) in [6, 6.07) is 4.12. The van der Waals surface area contributed by atoms with Crippen molar-refractivity contribution in [3.05, 3.63) is 35.8 Å². The molecule has 2 aromatic rings. The van der Waals surface area contributed by atoms with Gasteiger partial charge in [0, 0.05) is 19.3 Å². The normalized spacial score (nSPS) is 13.1. The standard InChI is InChI=1S/C14H21N3O/c1-11(5-7-18)8-15-9-13-10-16-14-12(2)4-3-6-17(13)14/h3-4,6,10-11,15,18H,5,7-9H2,1-2H3. The highest BCUT2D eigenvalue weighted by Gasteiger charge is 2.05. The Kier molecular flexibility index (Phi) is 4.33. The fourth-order valence-corrected chi connectivity index (χ4v) is 2.10. The molecule has 0 aliphatic rings. The van der Waals surface area contributed by atoms with E-state index >= 15 is 0 Å². The second kappa shape index (κ2) is 5.98. The predicted octanol–water partition coefficient (Wildman–Crippen LogP) is 1.75. The molecule has 98 valence electrons. The van der Waals surface area contributed by atoms with Crippen LogP contribution in [-0.4, -0.2) is 27.6 Å². The van der Waals surface area contributed by atoms with Gasteiger partial charge in [-0.15, -0.1) is 0 Å². The van der Waals surface area contributed by atoms with E-state index in [4.69, 9.17) is 5.11 Å². The fourth-order valence-electron chi connectivity index (χ4n) is 2.10. The van der Waals surface area contributed by atoms with E-state index in [-0.39, 0.29) is 6.61 Å². The fraction of sp³-hybridized carbons (Fsp3) is 0.500. The first-order valence-corrected chi connectivity index (χ1v) is 6.45. The zero-order valence-corrected chi connectivity index (χ0v) is 11.1. The van der Waals surface area contributed by atoms with Crippen molar-refractivity contribution in [2.45, 2.75) is 26.8 Å². The van der Waals surface area contributed by atoms with Crippen molar-refractivity contribution in [2.24, 2.45) is 5.92 Å². The first kappa shape index (κ1) is 13.1. The lowest BCUT2D eigenvalue weighted by atomic mass is 10.1. The molecule has 1 unspecified atom stereocenters. The third kappa shape index (κ3) is 2.89. The minimum absolute atomic E-state index is 0.262. The van der Waals surface area contributed by atoms with Crippen molar-refractivity contribution >= 4 is 5.65 Å². The zero-order chi connectivity index (χ0) is 13.0. The number of pyridine rings is 1. The van der Waals surface area contributed by atoms with Crippen molar-refractivity contribution in [3.8, 4) is 0 Å².